The molecule has 6 nitrogen and oxygen atoms in total. The van der Waals surface area contributed by atoms with E-state index in [1.807, 2.05) is 18.2 Å². The summed E-state index contributed by atoms with van der Waals surface area (Å²) in [5.74, 6) is -4.34. The molecule has 0 unspecified atom stereocenters. The number of fused-ring (bicyclic) bond motifs is 5. The molecular weight excluding hydrogens is 396 g/mol. The van der Waals surface area contributed by atoms with Crippen LogP contribution in [-0.4, -0.2) is 15.6 Å². The van der Waals surface area contributed by atoms with E-state index in [1.165, 1.54) is 4.57 Å². The van der Waals surface area contributed by atoms with Gasteiger partial charge in [0.2, 0.25) is 11.2 Å². The molecule has 1 aliphatic heterocycles. The van der Waals surface area contributed by atoms with E-state index in [0.717, 1.165) is 11.6 Å². The first kappa shape index (κ1) is 16.7. The highest BCUT2D eigenvalue weighted by molar-refractivity contribution is 6.07. The fraction of sp³-hybridized carbons (Fsp3) is 0. The molecule has 3 aromatic carbocycles. The molecule has 2 aromatic heterocycles. The van der Waals surface area contributed by atoms with E-state index >= 15 is 0 Å². The number of benzene rings is 3. The number of aromatic nitrogens is 1. The van der Waals surface area contributed by atoms with Gasteiger partial charge in [0, 0.05) is 23.0 Å². The predicted octanol–water partition coefficient (Wildman–Crippen LogP) is 4.97. The Balaban J connectivity index is 1.80. The van der Waals surface area contributed by atoms with Gasteiger partial charge >= 0.3 is 5.97 Å². The average Bonchev–Trinajstić information content (AvgIpc) is 3.09. The van der Waals surface area contributed by atoms with Gasteiger partial charge in [-0.1, -0.05) is 18.2 Å². The van der Waals surface area contributed by atoms with Crippen LogP contribution in [0.25, 0.3) is 38.5 Å². The number of para-hydroxylation sites is 1. The first-order chi connectivity index (χ1) is 14.4. The van der Waals surface area contributed by atoms with Gasteiger partial charge in [0.1, 0.15) is 22.2 Å². The van der Waals surface area contributed by atoms with Crippen LogP contribution in [0.5, 0.6) is 11.5 Å². The van der Waals surface area contributed by atoms with Crippen molar-refractivity contribution in [2.75, 3.05) is 0 Å². The summed E-state index contributed by atoms with van der Waals surface area (Å²) in [5.41, 5.74) is -0.0867. The van der Waals surface area contributed by atoms with Gasteiger partial charge in [-0.15, -0.1) is 0 Å². The molecule has 8 heteroatoms. The van der Waals surface area contributed by atoms with E-state index < -0.39 is 34.3 Å². The number of furan rings is 1. The third kappa shape index (κ3) is 1.99. The highest BCUT2D eigenvalue weighted by Gasteiger charge is 2.29. The topological polar surface area (TPSA) is 81.7 Å². The number of rotatable bonds is 1. The molecule has 5 aromatic rings. The minimum absolute atomic E-state index is 0.0492. The average molecular weight is 405 g/mol. The Morgan fingerprint density at radius 2 is 1.80 bits per heavy atom. The Morgan fingerprint density at radius 3 is 2.60 bits per heavy atom. The second kappa shape index (κ2) is 5.44. The van der Waals surface area contributed by atoms with Crippen LogP contribution in [0.15, 0.2) is 57.9 Å². The van der Waals surface area contributed by atoms with Crippen LogP contribution in [0, 0.1) is 11.6 Å². The van der Waals surface area contributed by atoms with Gasteiger partial charge in [0.05, 0.1) is 11.1 Å². The summed E-state index contributed by atoms with van der Waals surface area (Å²) >= 11 is 0. The second-order valence-electron chi connectivity index (χ2n) is 6.96. The summed E-state index contributed by atoms with van der Waals surface area (Å²) in [5, 5.41) is 10.6. The fourth-order valence-electron chi connectivity index (χ4n) is 3.96. The van der Waals surface area contributed by atoms with Gasteiger partial charge in [0.15, 0.2) is 17.3 Å². The zero-order valence-electron chi connectivity index (χ0n) is 14.9. The number of nitrogens with zero attached hydrogens (tertiary/aromatic N) is 1. The lowest BCUT2D eigenvalue weighted by molar-refractivity contribution is 0.0695. The smallest absolute Gasteiger partial charge is 0.341 e. The molecule has 0 fully saturated rings. The molecule has 6 rings (SSSR count). The monoisotopic (exact) mass is 405 g/mol. The summed E-state index contributed by atoms with van der Waals surface area (Å²) in [6.07, 6.45) is 1.09. The molecule has 3 heterocycles. The van der Waals surface area contributed by atoms with Crippen molar-refractivity contribution in [2.24, 2.45) is 0 Å². The van der Waals surface area contributed by atoms with Gasteiger partial charge in [-0.3, -0.25) is 4.79 Å². The summed E-state index contributed by atoms with van der Waals surface area (Å²) in [6.45, 7) is 0. The molecule has 30 heavy (non-hydrogen) atoms. The Labute approximate surface area is 165 Å². The van der Waals surface area contributed by atoms with Crippen LogP contribution in [0.2, 0.25) is 0 Å². The number of carbonyl (C=O) groups is 1. The number of pyridine rings is 1. The fourth-order valence-corrected chi connectivity index (χ4v) is 3.96. The summed E-state index contributed by atoms with van der Waals surface area (Å²) < 4.78 is 41.6. The number of aromatic carboxylic acids is 1. The number of hydrogen-bond donors (Lipinski definition) is 1. The Hall–Kier alpha value is -4.20. The molecule has 0 aliphatic carbocycles. The van der Waals surface area contributed by atoms with Gasteiger partial charge in [0.25, 0.3) is 0 Å². The molecule has 1 aliphatic rings. The minimum Gasteiger partial charge on any atom is -0.477 e. The molecule has 0 saturated heterocycles. The van der Waals surface area contributed by atoms with Crippen LogP contribution in [0.4, 0.5) is 8.78 Å². The Bertz CT molecular complexity index is 1650. The SMILES string of the molecule is O=C(O)c1cn2c3c(c(F)c(F)cc3c1=O)Oc1cc3c(cc1-2)oc1ccccc13. The van der Waals surface area contributed by atoms with Crippen molar-refractivity contribution >= 4 is 38.8 Å². The van der Waals surface area contributed by atoms with Crippen molar-refractivity contribution in [3.63, 3.8) is 0 Å². The molecule has 0 radical (unpaired) electrons. The number of hydrogen-bond acceptors (Lipinski definition) is 4. The number of ether oxygens (including phenoxy) is 1. The summed E-state index contributed by atoms with van der Waals surface area (Å²) in [6, 6.07) is 11.2. The van der Waals surface area contributed by atoms with E-state index in [2.05, 4.69) is 0 Å². The van der Waals surface area contributed by atoms with Crippen molar-refractivity contribution < 1.29 is 27.8 Å². The standard InChI is InChI=1S/C22H9F2NO5/c23-13-5-11-19-21(18(13)24)30-17-6-10-9-3-1-2-4-15(9)29-16(10)7-14(17)25(19)8-12(20(11)26)22(27)28/h1-8H,(H,27,28). The minimum atomic E-state index is -1.48. The number of halogens is 2. The lowest BCUT2D eigenvalue weighted by Crippen LogP contribution is -2.21. The van der Waals surface area contributed by atoms with Crippen LogP contribution < -0.4 is 10.2 Å². The van der Waals surface area contributed by atoms with Crippen molar-refractivity contribution in [3.05, 3.63) is 76.1 Å². The summed E-state index contributed by atoms with van der Waals surface area (Å²) in [4.78, 5) is 24.2. The van der Waals surface area contributed by atoms with Gasteiger partial charge in [-0.2, -0.15) is 4.39 Å². The van der Waals surface area contributed by atoms with Gasteiger partial charge < -0.3 is 18.8 Å². The highest BCUT2D eigenvalue weighted by atomic mass is 19.2. The maximum absolute atomic E-state index is 14.6. The Morgan fingerprint density at radius 1 is 1.00 bits per heavy atom. The number of carboxylic acid groups (broad SMARTS) is 1. The molecule has 0 atom stereocenters. The molecule has 0 spiro atoms. The first-order valence-electron chi connectivity index (χ1n) is 8.88. The molecule has 1 N–H and O–H groups in total. The lowest BCUT2D eigenvalue weighted by Gasteiger charge is -2.24. The largest absolute Gasteiger partial charge is 0.477 e. The van der Waals surface area contributed by atoms with Gasteiger partial charge in [-0.05, 0) is 18.2 Å². The lowest BCUT2D eigenvalue weighted by atomic mass is 10.1. The highest BCUT2D eigenvalue weighted by Crippen LogP contribution is 2.44. The van der Waals surface area contributed by atoms with Crippen LogP contribution in [-0.2, 0) is 0 Å². The zero-order valence-corrected chi connectivity index (χ0v) is 14.9. The first-order valence-corrected chi connectivity index (χ1v) is 8.88. The van der Waals surface area contributed by atoms with Crippen molar-refractivity contribution in [2.45, 2.75) is 0 Å². The normalized spacial score (nSPS) is 12.3. The maximum Gasteiger partial charge on any atom is 0.341 e. The summed E-state index contributed by atoms with van der Waals surface area (Å²) in [7, 11) is 0. The van der Waals surface area contributed by atoms with Crippen LogP contribution in [0.1, 0.15) is 10.4 Å². The quantitative estimate of drug-likeness (QED) is 0.418. The molecule has 0 amide bonds. The third-order valence-electron chi connectivity index (χ3n) is 5.30. The van der Waals surface area contributed by atoms with Crippen molar-refractivity contribution in [1.29, 1.82) is 0 Å². The molecule has 146 valence electrons. The van der Waals surface area contributed by atoms with E-state index in [-0.39, 0.29) is 16.7 Å². The van der Waals surface area contributed by atoms with E-state index in [1.54, 1.807) is 18.2 Å². The van der Waals surface area contributed by atoms with E-state index in [4.69, 9.17) is 9.15 Å². The predicted molar refractivity (Wildman–Crippen MR) is 104 cm³/mol. The van der Waals surface area contributed by atoms with Gasteiger partial charge in [-0.25, -0.2) is 9.18 Å². The second-order valence-corrected chi connectivity index (χ2v) is 6.96. The molecule has 0 bridgehead atoms. The third-order valence-corrected chi connectivity index (χ3v) is 5.30. The number of carboxylic acids is 1. The van der Waals surface area contributed by atoms with Crippen molar-refractivity contribution in [1.82, 2.24) is 4.57 Å². The van der Waals surface area contributed by atoms with Crippen molar-refractivity contribution in [3.8, 4) is 17.2 Å². The van der Waals surface area contributed by atoms with Crippen LogP contribution in [0.3, 0.4) is 0 Å². The zero-order chi connectivity index (χ0) is 20.7. The van der Waals surface area contributed by atoms with E-state index in [0.29, 0.717) is 28.3 Å². The van der Waals surface area contributed by atoms with E-state index in [9.17, 15) is 23.5 Å². The maximum atomic E-state index is 14.6. The van der Waals surface area contributed by atoms with Crippen LogP contribution >= 0.6 is 0 Å². The molecular formula is C22H9F2NO5. The Kier molecular flexibility index (Phi) is 3.04. The molecule has 0 saturated carbocycles.